The average molecular weight is 452 g/mol. The molecule has 2 aromatic heterocycles. The van der Waals surface area contributed by atoms with E-state index < -0.39 is 5.54 Å². The Bertz CT molecular complexity index is 1150. The highest BCUT2D eigenvalue weighted by Crippen LogP contribution is 2.31. The maximum absolute atomic E-state index is 13.2. The van der Waals surface area contributed by atoms with Crippen LogP contribution in [0.4, 0.5) is 5.82 Å². The summed E-state index contributed by atoms with van der Waals surface area (Å²) in [6.07, 6.45) is 4.13. The van der Waals surface area contributed by atoms with Crippen LogP contribution in [0, 0.1) is 6.92 Å². The molecule has 0 radical (unpaired) electrons. The van der Waals surface area contributed by atoms with E-state index in [1.165, 1.54) is 6.42 Å². The predicted octanol–water partition coefficient (Wildman–Crippen LogP) is 3.20. The number of fused-ring (bicyclic) bond motifs is 1. The largest absolute Gasteiger partial charge is 0.489 e. The molecule has 2 aliphatic heterocycles. The zero-order valence-corrected chi connectivity index (χ0v) is 18.8. The molecule has 0 spiro atoms. The highest BCUT2D eigenvalue weighted by molar-refractivity contribution is 6.07. The number of carbonyl (C=O) groups is 1. The summed E-state index contributed by atoms with van der Waals surface area (Å²) >= 11 is 0. The minimum atomic E-state index is -0.674. The van der Waals surface area contributed by atoms with Gasteiger partial charge in [-0.2, -0.15) is 0 Å². The fourth-order valence-corrected chi connectivity index (χ4v) is 4.48. The van der Waals surface area contributed by atoms with E-state index in [4.69, 9.17) is 13.9 Å². The molecule has 0 bridgehead atoms. The van der Waals surface area contributed by atoms with Gasteiger partial charge in [-0.05, 0) is 50.5 Å². The molecule has 2 N–H and O–H groups in total. The van der Waals surface area contributed by atoms with Crippen molar-refractivity contribution in [2.45, 2.75) is 38.3 Å². The Hall–Kier alpha value is -3.10. The molecule has 8 nitrogen and oxygen atoms in total. The lowest BCUT2D eigenvalue weighted by Crippen LogP contribution is -2.54. The number of nitrogens with zero attached hydrogens (tertiary/aromatic N) is 2. The minimum absolute atomic E-state index is 0.129. The molecule has 0 saturated carbocycles. The molecule has 1 amide bonds. The zero-order valence-electron chi connectivity index (χ0n) is 18.8. The monoisotopic (exact) mass is 451 g/mol. The van der Waals surface area contributed by atoms with E-state index in [1.807, 2.05) is 30.3 Å². The Morgan fingerprint density at radius 2 is 2.09 bits per heavy atom. The van der Waals surface area contributed by atoms with Crippen LogP contribution in [0.1, 0.15) is 40.9 Å². The van der Waals surface area contributed by atoms with Gasteiger partial charge in [-0.1, -0.05) is 6.07 Å². The van der Waals surface area contributed by atoms with Crippen molar-refractivity contribution in [1.82, 2.24) is 10.3 Å². The van der Waals surface area contributed by atoms with Gasteiger partial charge in [0.25, 0.3) is 5.91 Å². The predicted molar refractivity (Wildman–Crippen MR) is 124 cm³/mol. The smallest absolute Gasteiger partial charge is 0.255 e. The van der Waals surface area contributed by atoms with Gasteiger partial charge < -0.3 is 29.2 Å². The number of carbonyl (C=O) groups excluding carboxylic acids is 1. The molecule has 33 heavy (non-hydrogen) atoms. The van der Waals surface area contributed by atoms with E-state index in [-0.39, 0.29) is 12.5 Å². The van der Waals surface area contributed by atoms with Gasteiger partial charge in [0, 0.05) is 43.4 Å². The number of pyridine rings is 1. The summed E-state index contributed by atoms with van der Waals surface area (Å²) < 4.78 is 17.3. The standard InChI is InChI=1S/C25H29N3O5/c1-17-22(24(30)27-25(16-29)7-12-31-13-8-25)20-14-19(5-6-21(20)33-17)32-15-18-4-2-9-26-23(18)28-10-3-11-28/h2,4-6,9,14,29H,3,7-8,10-13,15-16H2,1H3,(H,27,30). The molecule has 2 aliphatic rings. The second-order valence-corrected chi connectivity index (χ2v) is 8.81. The SMILES string of the molecule is Cc1oc2ccc(OCc3cccnc3N3CCC3)cc2c1C(=O)NC1(CO)CCOCC1. The number of hydrogen-bond acceptors (Lipinski definition) is 7. The first-order chi connectivity index (χ1) is 16.1. The number of hydrogen-bond donors (Lipinski definition) is 2. The molecule has 2 saturated heterocycles. The van der Waals surface area contributed by atoms with Gasteiger partial charge in [-0.15, -0.1) is 0 Å². The number of aliphatic hydroxyl groups is 1. The van der Waals surface area contributed by atoms with Crippen molar-refractivity contribution in [3.8, 4) is 5.75 Å². The Morgan fingerprint density at radius 1 is 1.27 bits per heavy atom. The molecular weight excluding hydrogens is 422 g/mol. The van der Waals surface area contributed by atoms with Gasteiger partial charge in [-0.25, -0.2) is 4.98 Å². The van der Waals surface area contributed by atoms with Crippen LogP contribution in [0.5, 0.6) is 5.75 Å². The van der Waals surface area contributed by atoms with Crippen molar-refractivity contribution in [2.24, 2.45) is 0 Å². The second kappa shape index (κ2) is 9.03. The molecule has 2 fully saturated rings. The topological polar surface area (TPSA) is 97.1 Å². The lowest BCUT2D eigenvalue weighted by molar-refractivity contribution is 0.0125. The molecule has 0 atom stereocenters. The molecule has 4 heterocycles. The molecule has 0 unspecified atom stereocenters. The van der Waals surface area contributed by atoms with Gasteiger partial charge in [0.2, 0.25) is 0 Å². The van der Waals surface area contributed by atoms with Crippen molar-refractivity contribution in [3.63, 3.8) is 0 Å². The number of amides is 1. The number of furan rings is 1. The average Bonchev–Trinajstić information content (AvgIpc) is 3.13. The second-order valence-electron chi connectivity index (χ2n) is 8.81. The van der Waals surface area contributed by atoms with Gasteiger partial charge >= 0.3 is 0 Å². The minimum Gasteiger partial charge on any atom is -0.489 e. The van der Waals surface area contributed by atoms with Crippen LogP contribution in [-0.2, 0) is 11.3 Å². The summed E-state index contributed by atoms with van der Waals surface area (Å²) in [6.45, 7) is 5.09. The Balaban J connectivity index is 1.37. The summed E-state index contributed by atoms with van der Waals surface area (Å²) in [6, 6.07) is 9.46. The van der Waals surface area contributed by atoms with Gasteiger partial charge in [0.15, 0.2) is 0 Å². The highest BCUT2D eigenvalue weighted by atomic mass is 16.5. The molecule has 0 aliphatic carbocycles. The first-order valence-corrected chi connectivity index (χ1v) is 11.4. The summed E-state index contributed by atoms with van der Waals surface area (Å²) in [5.41, 5.74) is 1.45. The van der Waals surface area contributed by atoms with Crippen molar-refractivity contribution >= 4 is 22.7 Å². The van der Waals surface area contributed by atoms with Gasteiger partial charge in [-0.3, -0.25) is 4.79 Å². The van der Waals surface area contributed by atoms with Crippen LogP contribution >= 0.6 is 0 Å². The van der Waals surface area contributed by atoms with Crippen LogP contribution in [-0.4, -0.2) is 54.4 Å². The van der Waals surface area contributed by atoms with E-state index in [0.29, 0.717) is 60.7 Å². The third-order valence-electron chi connectivity index (χ3n) is 6.61. The number of benzene rings is 1. The number of aryl methyl sites for hydroxylation is 1. The first-order valence-electron chi connectivity index (χ1n) is 11.4. The third kappa shape index (κ3) is 4.28. The Labute approximate surface area is 192 Å². The van der Waals surface area contributed by atoms with Crippen LogP contribution in [0.3, 0.4) is 0 Å². The lowest BCUT2D eigenvalue weighted by atomic mass is 9.90. The summed E-state index contributed by atoms with van der Waals surface area (Å²) in [4.78, 5) is 20.0. The van der Waals surface area contributed by atoms with E-state index in [0.717, 1.165) is 24.5 Å². The summed E-state index contributed by atoms with van der Waals surface area (Å²) in [5, 5.41) is 13.7. The molecule has 5 rings (SSSR count). The highest BCUT2D eigenvalue weighted by Gasteiger charge is 2.35. The third-order valence-corrected chi connectivity index (χ3v) is 6.61. The molecule has 8 heteroatoms. The molecular formula is C25H29N3O5. The number of ether oxygens (including phenoxy) is 2. The summed E-state index contributed by atoms with van der Waals surface area (Å²) in [7, 11) is 0. The van der Waals surface area contributed by atoms with Crippen molar-refractivity contribution < 1.29 is 23.8 Å². The lowest BCUT2D eigenvalue weighted by Gasteiger charge is -2.36. The Morgan fingerprint density at radius 3 is 2.82 bits per heavy atom. The van der Waals surface area contributed by atoms with Crippen LogP contribution in [0.15, 0.2) is 40.9 Å². The van der Waals surface area contributed by atoms with E-state index >= 15 is 0 Å². The van der Waals surface area contributed by atoms with Crippen molar-refractivity contribution in [3.05, 3.63) is 53.4 Å². The zero-order chi connectivity index (χ0) is 22.8. The number of anilines is 1. The number of aliphatic hydroxyl groups excluding tert-OH is 1. The maximum atomic E-state index is 13.2. The maximum Gasteiger partial charge on any atom is 0.255 e. The van der Waals surface area contributed by atoms with E-state index in [9.17, 15) is 9.90 Å². The van der Waals surface area contributed by atoms with Crippen LogP contribution < -0.4 is 15.0 Å². The molecule has 174 valence electrons. The fraction of sp³-hybridized carbons (Fsp3) is 0.440. The van der Waals surface area contributed by atoms with Crippen LogP contribution in [0.25, 0.3) is 11.0 Å². The fourth-order valence-electron chi connectivity index (χ4n) is 4.48. The normalized spacial score (nSPS) is 17.6. The van der Waals surface area contributed by atoms with Crippen LogP contribution in [0.2, 0.25) is 0 Å². The van der Waals surface area contributed by atoms with Gasteiger partial charge in [0.1, 0.15) is 29.5 Å². The van der Waals surface area contributed by atoms with Gasteiger partial charge in [0.05, 0.1) is 17.7 Å². The van der Waals surface area contributed by atoms with E-state index in [2.05, 4.69) is 15.2 Å². The number of aromatic nitrogens is 1. The quantitative estimate of drug-likeness (QED) is 0.569. The van der Waals surface area contributed by atoms with Crippen molar-refractivity contribution in [2.75, 3.05) is 37.8 Å². The summed E-state index contributed by atoms with van der Waals surface area (Å²) in [5.74, 6) is 1.90. The molecule has 1 aromatic carbocycles. The van der Waals surface area contributed by atoms with Crippen molar-refractivity contribution in [1.29, 1.82) is 0 Å². The van der Waals surface area contributed by atoms with E-state index in [1.54, 1.807) is 13.1 Å². The molecule has 3 aromatic rings. The number of nitrogens with one attached hydrogen (secondary N) is 1. The number of rotatable bonds is 7. The Kier molecular flexibility index (Phi) is 5.95. The first kappa shape index (κ1) is 21.7.